The Labute approximate surface area is 92.7 Å². The predicted octanol–water partition coefficient (Wildman–Crippen LogP) is -2.69. The summed E-state index contributed by atoms with van der Waals surface area (Å²) in [6.45, 7) is 1.09. The van der Waals surface area contributed by atoms with Gasteiger partial charge >= 0.3 is 0 Å². The number of hydrogen-bond donors (Lipinski definition) is 5. The number of carbonyl (C=O) groups is 1. The number of aliphatic hydroxyl groups is 4. The van der Waals surface area contributed by atoms with Crippen LogP contribution in [0.1, 0.15) is 13.3 Å². The fourth-order valence-electron chi connectivity index (χ4n) is 1.54. The van der Waals surface area contributed by atoms with Crippen molar-refractivity contribution in [2.45, 2.75) is 44.0 Å². The van der Waals surface area contributed by atoms with Crippen LogP contribution in [0.25, 0.3) is 0 Å². The van der Waals surface area contributed by atoms with Crippen molar-refractivity contribution in [2.75, 3.05) is 6.61 Å². The van der Waals surface area contributed by atoms with Crippen LogP contribution in [-0.4, -0.2) is 63.6 Å². The Balaban J connectivity index is 2.67. The van der Waals surface area contributed by atoms with Crippen LogP contribution in [0.4, 0.5) is 0 Å². The van der Waals surface area contributed by atoms with Gasteiger partial charge in [0.1, 0.15) is 24.4 Å². The molecule has 16 heavy (non-hydrogen) atoms. The van der Waals surface area contributed by atoms with Crippen molar-refractivity contribution in [1.82, 2.24) is 5.32 Å². The quantitative estimate of drug-likeness (QED) is 0.363. The minimum Gasteiger partial charge on any atom is -0.394 e. The molecule has 0 aromatic carbocycles. The molecule has 1 aliphatic rings. The normalized spacial score (nSPS) is 39.4. The molecule has 0 radical (unpaired) electrons. The highest BCUT2D eigenvalue weighted by Gasteiger charge is 2.44. The fraction of sp³-hybridized carbons (Fsp3) is 0.889. The largest absolute Gasteiger partial charge is 0.394 e. The summed E-state index contributed by atoms with van der Waals surface area (Å²) in [5, 5.41) is 39.8. The molecular formula is C9H17NO6. The van der Waals surface area contributed by atoms with E-state index in [1.807, 2.05) is 0 Å². The summed E-state index contributed by atoms with van der Waals surface area (Å²) >= 11 is 0. The van der Waals surface area contributed by atoms with Gasteiger partial charge in [-0.05, 0) is 0 Å². The standard InChI is InChI=1S/C9H17NO6/c1-2-5(12)10-6-8(14)7(13)4(3-11)16-9(6)15/h4,6-9,11,13-15H,2-3H2,1H3,(H,10,12)/t4-,6+,7+,8-,9?/m1/s1. The van der Waals surface area contributed by atoms with Crippen molar-refractivity contribution in [3.63, 3.8) is 0 Å². The first-order chi connectivity index (χ1) is 7.51. The fourth-order valence-corrected chi connectivity index (χ4v) is 1.54. The average Bonchev–Trinajstić information content (AvgIpc) is 2.28. The molecule has 0 aliphatic carbocycles. The maximum atomic E-state index is 11.1. The highest BCUT2D eigenvalue weighted by atomic mass is 16.6. The van der Waals surface area contributed by atoms with Crippen LogP contribution in [0.15, 0.2) is 0 Å². The summed E-state index contributed by atoms with van der Waals surface area (Å²) in [5.41, 5.74) is 0. The Morgan fingerprint density at radius 3 is 2.44 bits per heavy atom. The monoisotopic (exact) mass is 235 g/mol. The van der Waals surface area contributed by atoms with Crippen LogP contribution in [0, 0.1) is 0 Å². The smallest absolute Gasteiger partial charge is 0.220 e. The molecule has 0 saturated carbocycles. The van der Waals surface area contributed by atoms with Gasteiger partial charge in [-0.2, -0.15) is 0 Å². The lowest BCUT2D eigenvalue weighted by Gasteiger charge is -2.40. The second kappa shape index (κ2) is 5.55. The Morgan fingerprint density at radius 1 is 1.31 bits per heavy atom. The van der Waals surface area contributed by atoms with E-state index in [2.05, 4.69) is 5.32 Å². The first-order valence-electron chi connectivity index (χ1n) is 5.11. The molecule has 1 heterocycles. The molecule has 1 amide bonds. The van der Waals surface area contributed by atoms with Crippen LogP contribution < -0.4 is 5.32 Å². The van der Waals surface area contributed by atoms with Gasteiger partial charge in [-0.25, -0.2) is 0 Å². The number of nitrogens with one attached hydrogen (secondary N) is 1. The SMILES string of the molecule is CCC(=O)N[C@@H]1C(O)O[C@H](CO)[C@H](O)[C@@H]1O. The molecule has 1 fully saturated rings. The molecule has 5 atom stereocenters. The number of hydrogen-bond acceptors (Lipinski definition) is 6. The minimum atomic E-state index is -1.45. The Morgan fingerprint density at radius 2 is 1.94 bits per heavy atom. The first kappa shape index (κ1) is 13.3. The molecule has 5 N–H and O–H groups in total. The van der Waals surface area contributed by atoms with Gasteiger partial charge in [-0.15, -0.1) is 0 Å². The van der Waals surface area contributed by atoms with E-state index in [4.69, 9.17) is 9.84 Å². The Kier molecular flexibility index (Phi) is 4.63. The van der Waals surface area contributed by atoms with Crippen LogP contribution in [0.3, 0.4) is 0 Å². The Hall–Kier alpha value is -0.730. The topological polar surface area (TPSA) is 119 Å². The molecule has 0 bridgehead atoms. The lowest BCUT2D eigenvalue weighted by atomic mass is 9.97. The molecule has 7 nitrogen and oxygen atoms in total. The number of amides is 1. The molecule has 1 rings (SSSR count). The molecule has 0 aromatic rings. The van der Waals surface area contributed by atoms with Crippen molar-refractivity contribution in [2.24, 2.45) is 0 Å². The van der Waals surface area contributed by atoms with Crippen LogP contribution in [0.5, 0.6) is 0 Å². The van der Waals surface area contributed by atoms with E-state index in [0.29, 0.717) is 0 Å². The predicted molar refractivity (Wildman–Crippen MR) is 52.2 cm³/mol. The lowest BCUT2D eigenvalue weighted by molar-refractivity contribution is -0.253. The number of ether oxygens (including phenoxy) is 1. The van der Waals surface area contributed by atoms with E-state index in [1.165, 1.54) is 0 Å². The zero-order valence-corrected chi connectivity index (χ0v) is 8.91. The number of carbonyl (C=O) groups excluding carboxylic acids is 1. The molecule has 94 valence electrons. The summed E-state index contributed by atoms with van der Waals surface area (Å²) in [5.74, 6) is -0.374. The molecule has 0 spiro atoms. The summed E-state index contributed by atoms with van der Waals surface area (Å²) in [7, 11) is 0. The minimum absolute atomic E-state index is 0.190. The maximum absolute atomic E-state index is 11.1. The van der Waals surface area contributed by atoms with Gasteiger partial charge in [-0.1, -0.05) is 6.92 Å². The molecular weight excluding hydrogens is 218 g/mol. The van der Waals surface area contributed by atoms with Gasteiger partial charge in [0, 0.05) is 6.42 Å². The van der Waals surface area contributed by atoms with Gasteiger partial charge in [-0.3, -0.25) is 4.79 Å². The molecule has 1 unspecified atom stereocenters. The lowest BCUT2D eigenvalue weighted by Crippen LogP contribution is -2.64. The van der Waals surface area contributed by atoms with Crippen molar-refractivity contribution in [1.29, 1.82) is 0 Å². The average molecular weight is 235 g/mol. The number of aliphatic hydroxyl groups excluding tert-OH is 4. The van der Waals surface area contributed by atoms with Gasteiger partial charge in [0.05, 0.1) is 6.61 Å². The van der Waals surface area contributed by atoms with E-state index in [9.17, 15) is 20.1 Å². The maximum Gasteiger partial charge on any atom is 0.220 e. The third kappa shape index (κ3) is 2.69. The van der Waals surface area contributed by atoms with Crippen molar-refractivity contribution >= 4 is 5.91 Å². The van der Waals surface area contributed by atoms with Crippen molar-refractivity contribution < 1.29 is 30.0 Å². The van der Waals surface area contributed by atoms with Crippen LogP contribution in [0.2, 0.25) is 0 Å². The van der Waals surface area contributed by atoms with Gasteiger partial charge in [0.2, 0.25) is 5.91 Å². The summed E-state index contributed by atoms with van der Waals surface area (Å²) in [6, 6.07) is -1.09. The third-order valence-electron chi connectivity index (χ3n) is 2.55. The van der Waals surface area contributed by atoms with E-state index in [-0.39, 0.29) is 12.3 Å². The van der Waals surface area contributed by atoms with E-state index >= 15 is 0 Å². The number of rotatable bonds is 3. The van der Waals surface area contributed by atoms with E-state index in [0.717, 1.165) is 0 Å². The summed E-state index contributed by atoms with van der Waals surface area (Å²) < 4.78 is 4.86. The molecule has 0 aromatic heterocycles. The Bertz CT molecular complexity index is 248. The highest BCUT2D eigenvalue weighted by Crippen LogP contribution is 2.19. The van der Waals surface area contributed by atoms with Gasteiger partial charge in [0.25, 0.3) is 0 Å². The highest BCUT2D eigenvalue weighted by molar-refractivity contribution is 5.76. The van der Waals surface area contributed by atoms with E-state index in [1.54, 1.807) is 6.92 Å². The van der Waals surface area contributed by atoms with E-state index < -0.39 is 37.3 Å². The molecule has 1 saturated heterocycles. The van der Waals surface area contributed by atoms with Crippen molar-refractivity contribution in [3.05, 3.63) is 0 Å². The summed E-state index contributed by atoms with van der Waals surface area (Å²) in [4.78, 5) is 11.1. The second-order valence-electron chi connectivity index (χ2n) is 3.68. The van der Waals surface area contributed by atoms with Gasteiger partial charge < -0.3 is 30.5 Å². The molecule has 7 heteroatoms. The summed E-state index contributed by atoms with van der Waals surface area (Å²) in [6.07, 6.45) is -5.05. The van der Waals surface area contributed by atoms with Crippen LogP contribution in [-0.2, 0) is 9.53 Å². The zero-order chi connectivity index (χ0) is 12.3. The van der Waals surface area contributed by atoms with Crippen LogP contribution >= 0.6 is 0 Å². The second-order valence-corrected chi connectivity index (χ2v) is 3.68. The zero-order valence-electron chi connectivity index (χ0n) is 8.91. The molecule has 1 aliphatic heterocycles. The third-order valence-corrected chi connectivity index (χ3v) is 2.55. The van der Waals surface area contributed by atoms with Gasteiger partial charge in [0.15, 0.2) is 6.29 Å². The first-order valence-corrected chi connectivity index (χ1v) is 5.11. The van der Waals surface area contributed by atoms with Crippen molar-refractivity contribution in [3.8, 4) is 0 Å².